The van der Waals surface area contributed by atoms with Crippen LogP contribution in [0.15, 0.2) is 91.0 Å². The first kappa shape index (κ1) is 14.4. The Balaban J connectivity index is 1.90. The number of hydrogen-bond acceptors (Lipinski definition) is 1. The molecular weight excluding hydrogens is 292 g/mol. The smallest absolute Gasteiger partial charge is 0.187 e. The molecular formula is C23H16O. The van der Waals surface area contributed by atoms with Gasteiger partial charge in [0, 0.05) is 5.56 Å². The van der Waals surface area contributed by atoms with Crippen molar-refractivity contribution < 1.29 is 4.79 Å². The van der Waals surface area contributed by atoms with E-state index in [1.807, 2.05) is 72.8 Å². The molecule has 1 nitrogen and oxygen atoms in total. The lowest BCUT2D eigenvalue weighted by atomic mass is 9.94. The molecule has 0 atom stereocenters. The SMILES string of the molecule is O=C(C=Cc1ccccc1)c1c2ccccc2cc2ccccc12. The van der Waals surface area contributed by atoms with Gasteiger partial charge >= 0.3 is 0 Å². The Bertz CT molecular complexity index is 1010. The molecule has 4 rings (SSSR count). The molecule has 0 saturated heterocycles. The van der Waals surface area contributed by atoms with Gasteiger partial charge in [0.25, 0.3) is 0 Å². The van der Waals surface area contributed by atoms with Gasteiger partial charge in [0.2, 0.25) is 0 Å². The number of carbonyl (C=O) groups excluding carboxylic acids is 1. The van der Waals surface area contributed by atoms with E-state index >= 15 is 0 Å². The molecule has 0 spiro atoms. The van der Waals surface area contributed by atoms with Gasteiger partial charge in [0.1, 0.15) is 0 Å². The van der Waals surface area contributed by atoms with E-state index in [9.17, 15) is 4.79 Å². The molecule has 0 N–H and O–H groups in total. The zero-order valence-electron chi connectivity index (χ0n) is 13.1. The minimum atomic E-state index is 0.0341. The second-order valence-corrected chi connectivity index (χ2v) is 5.80. The van der Waals surface area contributed by atoms with Crippen LogP contribution in [-0.4, -0.2) is 5.78 Å². The van der Waals surface area contributed by atoms with Crippen LogP contribution in [0, 0.1) is 0 Å². The van der Waals surface area contributed by atoms with Crippen molar-refractivity contribution in [3.8, 4) is 0 Å². The molecule has 0 aliphatic rings. The van der Waals surface area contributed by atoms with E-state index in [0.29, 0.717) is 0 Å². The van der Waals surface area contributed by atoms with Gasteiger partial charge in [-0.2, -0.15) is 0 Å². The summed E-state index contributed by atoms with van der Waals surface area (Å²) in [5.41, 5.74) is 1.80. The zero-order chi connectivity index (χ0) is 16.4. The molecule has 0 radical (unpaired) electrons. The van der Waals surface area contributed by atoms with Gasteiger partial charge in [-0.05, 0) is 39.3 Å². The van der Waals surface area contributed by atoms with Crippen LogP contribution >= 0.6 is 0 Å². The van der Waals surface area contributed by atoms with Gasteiger partial charge in [-0.15, -0.1) is 0 Å². The molecule has 0 saturated carbocycles. The highest BCUT2D eigenvalue weighted by Crippen LogP contribution is 2.29. The molecule has 4 aromatic carbocycles. The summed E-state index contributed by atoms with van der Waals surface area (Å²) in [6.07, 6.45) is 3.54. The number of benzene rings is 4. The molecule has 0 aliphatic carbocycles. The Morgan fingerprint density at radius 2 is 1.21 bits per heavy atom. The van der Waals surface area contributed by atoms with Gasteiger partial charge in [0.15, 0.2) is 5.78 Å². The van der Waals surface area contributed by atoms with Gasteiger partial charge in [-0.3, -0.25) is 4.79 Å². The standard InChI is InChI=1S/C23H16O/c24-22(15-14-17-8-2-1-3-9-17)23-20-12-6-4-10-18(20)16-19-11-5-7-13-21(19)23/h1-16H. The van der Waals surface area contributed by atoms with Crippen molar-refractivity contribution in [3.63, 3.8) is 0 Å². The molecule has 114 valence electrons. The van der Waals surface area contributed by atoms with E-state index in [4.69, 9.17) is 0 Å². The summed E-state index contributed by atoms with van der Waals surface area (Å²) in [6.45, 7) is 0. The predicted octanol–water partition coefficient (Wildman–Crippen LogP) is 5.89. The number of hydrogen-bond donors (Lipinski definition) is 0. The molecule has 0 unspecified atom stereocenters. The highest BCUT2D eigenvalue weighted by atomic mass is 16.1. The lowest BCUT2D eigenvalue weighted by Crippen LogP contribution is -1.98. The second kappa shape index (κ2) is 6.13. The van der Waals surface area contributed by atoms with Crippen LogP contribution in [0.25, 0.3) is 27.6 Å². The van der Waals surface area contributed by atoms with E-state index in [-0.39, 0.29) is 5.78 Å². The monoisotopic (exact) mass is 308 g/mol. The maximum Gasteiger partial charge on any atom is 0.187 e. The van der Waals surface area contributed by atoms with Crippen molar-refractivity contribution in [2.75, 3.05) is 0 Å². The van der Waals surface area contributed by atoms with Gasteiger partial charge in [-0.25, -0.2) is 0 Å². The molecule has 0 bridgehead atoms. The lowest BCUT2D eigenvalue weighted by Gasteiger charge is -2.09. The highest BCUT2D eigenvalue weighted by molar-refractivity contribution is 6.23. The normalized spacial score (nSPS) is 11.3. The fraction of sp³-hybridized carbons (Fsp3) is 0. The van der Waals surface area contributed by atoms with Gasteiger partial charge < -0.3 is 0 Å². The minimum Gasteiger partial charge on any atom is -0.289 e. The van der Waals surface area contributed by atoms with Crippen LogP contribution in [0.3, 0.4) is 0 Å². The quantitative estimate of drug-likeness (QED) is 0.262. The molecule has 0 aromatic heterocycles. The third kappa shape index (κ3) is 2.61. The Labute approximate surface area is 140 Å². The first-order valence-corrected chi connectivity index (χ1v) is 8.01. The van der Waals surface area contributed by atoms with E-state index in [1.54, 1.807) is 6.08 Å². The number of carbonyl (C=O) groups is 1. The van der Waals surface area contributed by atoms with Crippen LogP contribution in [-0.2, 0) is 0 Å². The van der Waals surface area contributed by atoms with Crippen molar-refractivity contribution >= 4 is 33.4 Å². The van der Waals surface area contributed by atoms with Crippen LogP contribution in [0.1, 0.15) is 15.9 Å². The Morgan fingerprint density at radius 3 is 1.83 bits per heavy atom. The summed E-state index contributed by atoms with van der Waals surface area (Å²) in [5.74, 6) is 0.0341. The molecule has 4 aromatic rings. The first-order chi connectivity index (χ1) is 11.8. The summed E-state index contributed by atoms with van der Waals surface area (Å²) >= 11 is 0. The summed E-state index contributed by atoms with van der Waals surface area (Å²) in [6, 6.07) is 28.2. The van der Waals surface area contributed by atoms with Crippen LogP contribution < -0.4 is 0 Å². The third-order valence-corrected chi connectivity index (χ3v) is 4.24. The minimum absolute atomic E-state index is 0.0341. The van der Waals surface area contributed by atoms with Crippen LogP contribution in [0.5, 0.6) is 0 Å². The van der Waals surface area contributed by atoms with Crippen molar-refractivity contribution in [3.05, 3.63) is 102 Å². The Hall–Kier alpha value is -3.19. The molecule has 24 heavy (non-hydrogen) atoms. The predicted molar refractivity (Wildman–Crippen MR) is 101 cm³/mol. The first-order valence-electron chi connectivity index (χ1n) is 8.01. The molecule has 1 heteroatoms. The lowest BCUT2D eigenvalue weighted by molar-refractivity contribution is 0.105. The number of ketones is 1. The van der Waals surface area contributed by atoms with Crippen LogP contribution in [0.2, 0.25) is 0 Å². The zero-order valence-corrected chi connectivity index (χ0v) is 13.1. The maximum absolute atomic E-state index is 13.0. The van der Waals surface area contributed by atoms with Crippen molar-refractivity contribution in [2.24, 2.45) is 0 Å². The van der Waals surface area contributed by atoms with Crippen molar-refractivity contribution in [2.45, 2.75) is 0 Å². The highest BCUT2D eigenvalue weighted by Gasteiger charge is 2.12. The number of allylic oxidation sites excluding steroid dienone is 1. The third-order valence-electron chi connectivity index (χ3n) is 4.24. The van der Waals surface area contributed by atoms with Gasteiger partial charge in [-0.1, -0.05) is 84.9 Å². The summed E-state index contributed by atoms with van der Waals surface area (Å²) in [7, 11) is 0. The van der Waals surface area contributed by atoms with E-state index < -0.39 is 0 Å². The second-order valence-electron chi connectivity index (χ2n) is 5.80. The maximum atomic E-state index is 13.0. The van der Waals surface area contributed by atoms with Crippen molar-refractivity contribution in [1.29, 1.82) is 0 Å². The molecule has 0 aliphatic heterocycles. The summed E-state index contributed by atoms with van der Waals surface area (Å²) in [4.78, 5) is 13.0. The van der Waals surface area contributed by atoms with Gasteiger partial charge in [0.05, 0.1) is 0 Å². The van der Waals surface area contributed by atoms with Crippen molar-refractivity contribution in [1.82, 2.24) is 0 Å². The Morgan fingerprint density at radius 1 is 0.667 bits per heavy atom. The van der Waals surface area contributed by atoms with Crippen LogP contribution in [0.4, 0.5) is 0 Å². The molecule has 0 fully saturated rings. The van der Waals surface area contributed by atoms with E-state index in [0.717, 1.165) is 32.7 Å². The molecule has 0 heterocycles. The summed E-state index contributed by atoms with van der Waals surface area (Å²) in [5, 5.41) is 4.18. The topological polar surface area (TPSA) is 17.1 Å². The summed E-state index contributed by atoms with van der Waals surface area (Å²) < 4.78 is 0. The van der Waals surface area contributed by atoms with E-state index in [1.165, 1.54) is 0 Å². The van der Waals surface area contributed by atoms with E-state index in [2.05, 4.69) is 18.2 Å². The average molecular weight is 308 g/mol. The fourth-order valence-corrected chi connectivity index (χ4v) is 3.10. The fourth-order valence-electron chi connectivity index (χ4n) is 3.10. The Kier molecular flexibility index (Phi) is 3.68. The largest absolute Gasteiger partial charge is 0.289 e. The number of rotatable bonds is 3. The average Bonchev–Trinajstić information content (AvgIpc) is 2.65. The molecule has 0 amide bonds. The number of fused-ring (bicyclic) bond motifs is 2.